The Balaban J connectivity index is 0.000000171. The molecule has 0 fully saturated rings. The van der Waals surface area contributed by atoms with Gasteiger partial charge in [0.15, 0.2) is 0 Å². The number of benzene rings is 2. The lowest BCUT2D eigenvalue weighted by Gasteiger charge is -1.94. The molecule has 0 aliphatic heterocycles. The van der Waals surface area contributed by atoms with Crippen LogP contribution in [-0.4, -0.2) is 0 Å². The average molecular weight is 226 g/mol. The Morgan fingerprint density at radius 3 is 1.53 bits per heavy atom. The zero-order valence-corrected chi connectivity index (χ0v) is 11.3. The minimum atomic E-state index is 1.14. The summed E-state index contributed by atoms with van der Waals surface area (Å²) in [7, 11) is 0. The quantitative estimate of drug-likeness (QED) is 0.651. The van der Waals surface area contributed by atoms with Crippen molar-refractivity contribution in [2.24, 2.45) is 0 Å². The van der Waals surface area contributed by atoms with E-state index in [2.05, 4.69) is 76.2 Å². The monoisotopic (exact) mass is 226 g/mol. The molecular formula is C17H22. The van der Waals surface area contributed by atoms with E-state index in [1.165, 1.54) is 22.3 Å². The molecule has 0 amide bonds. The Morgan fingerprint density at radius 2 is 1.18 bits per heavy atom. The van der Waals surface area contributed by atoms with Gasteiger partial charge in [-0.15, -0.1) is 0 Å². The van der Waals surface area contributed by atoms with E-state index in [9.17, 15) is 0 Å². The Hall–Kier alpha value is -1.56. The lowest BCUT2D eigenvalue weighted by Crippen LogP contribution is -1.77. The summed E-state index contributed by atoms with van der Waals surface area (Å²) in [5, 5.41) is 0. The van der Waals surface area contributed by atoms with Crippen LogP contribution >= 0.6 is 0 Å². The van der Waals surface area contributed by atoms with Crippen molar-refractivity contribution in [3.05, 3.63) is 70.8 Å². The maximum atomic E-state index is 2.18. The summed E-state index contributed by atoms with van der Waals surface area (Å²) in [6.45, 7) is 8.52. The molecule has 2 rings (SSSR count). The molecule has 2 aromatic rings. The molecule has 0 saturated carbocycles. The van der Waals surface area contributed by atoms with Gasteiger partial charge in [0.25, 0.3) is 0 Å². The fourth-order valence-electron chi connectivity index (χ4n) is 1.49. The summed E-state index contributed by atoms with van der Waals surface area (Å²) in [5.41, 5.74) is 5.49. The first-order valence-electron chi connectivity index (χ1n) is 6.21. The summed E-state index contributed by atoms with van der Waals surface area (Å²) in [6.07, 6.45) is 1.14. The maximum Gasteiger partial charge on any atom is -0.0307 e. The van der Waals surface area contributed by atoms with E-state index in [4.69, 9.17) is 0 Å². The molecule has 90 valence electrons. The van der Waals surface area contributed by atoms with E-state index in [-0.39, 0.29) is 0 Å². The Labute approximate surface area is 105 Å². The standard InChI is InChI=1S/C9H12.C8H10/c1-3-9-6-4-8(2)5-7-9;1-7-5-3-4-6-8(7)2/h4-7H,3H2,1-2H3;3-6H,1-2H3. The third-order valence-corrected chi connectivity index (χ3v) is 2.95. The SMILES string of the molecule is CCc1ccc(C)cc1.Cc1ccccc1C. The van der Waals surface area contributed by atoms with Crippen LogP contribution in [0.1, 0.15) is 29.2 Å². The number of hydrogen-bond donors (Lipinski definition) is 0. The van der Waals surface area contributed by atoms with E-state index < -0.39 is 0 Å². The predicted octanol–water partition coefficient (Wildman–Crippen LogP) is 4.86. The van der Waals surface area contributed by atoms with E-state index in [0.29, 0.717) is 0 Å². The van der Waals surface area contributed by atoms with Gasteiger partial charge in [-0.25, -0.2) is 0 Å². The van der Waals surface area contributed by atoms with Crippen LogP contribution in [0.3, 0.4) is 0 Å². The molecule has 0 atom stereocenters. The second kappa shape index (κ2) is 6.90. The second-order valence-electron chi connectivity index (χ2n) is 4.42. The molecule has 0 saturated heterocycles. The van der Waals surface area contributed by atoms with Crippen LogP contribution < -0.4 is 0 Å². The maximum absolute atomic E-state index is 2.18. The van der Waals surface area contributed by atoms with E-state index in [0.717, 1.165) is 6.42 Å². The van der Waals surface area contributed by atoms with Gasteiger partial charge in [0, 0.05) is 0 Å². The van der Waals surface area contributed by atoms with Gasteiger partial charge in [-0.05, 0) is 43.9 Å². The van der Waals surface area contributed by atoms with Gasteiger partial charge in [-0.2, -0.15) is 0 Å². The topological polar surface area (TPSA) is 0 Å². The van der Waals surface area contributed by atoms with Crippen LogP contribution in [0, 0.1) is 20.8 Å². The normalized spacial score (nSPS) is 9.41. The van der Waals surface area contributed by atoms with E-state index >= 15 is 0 Å². The van der Waals surface area contributed by atoms with Crippen molar-refractivity contribution >= 4 is 0 Å². The average Bonchev–Trinajstić information content (AvgIpc) is 2.35. The molecule has 0 radical (unpaired) electrons. The third kappa shape index (κ3) is 4.86. The van der Waals surface area contributed by atoms with Gasteiger partial charge in [0.05, 0.1) is 0 Å². The van der Waals surface area contributed by atoms with Crippen molar-refractivity contribution in [2.45, 2.75) is 34.1 Å². The van der Waals surface area contributed by atoms with Crippen LogP contribution in [0.4, 0.5) is 0 Å². The summed E-state index contributed by atoms with van der Waals surface area (Å²) >= 11 is 0. The zero-order valence-electron chi connectivity index (χ0n) is 11.3. The Bertz CT molecular complexity index is 417. The first-order valence-corrected chi connectivity index (χ1v) is 6.21. The molecule has 0 heterocycles. The van der Waals surface area contributed by atoms with Gasteiger partial charge >= 0.3 is 0 Å². The van der Waals surface area contributed by atoms with Gasteiger partial charge in [0.2, 0.25) is 0 Å². The molecule has 0 bridgehead atoms. The van der Waals surface area contributed by atoms with Crippen molar-refractivity contribution in [1.29, 1.82) is 0 Å². The van der Waals surface area contributed by atoms with E-state index in [1.807, 2.05) is 0 Å². The van der Waals surface area contributed by atoms with E-state index in [1.54, 1.807) is 0 Å². The second-order valence-corrected chi connectivity index (χ2v) is 4.42. The minimum Gasteiger partial charge on any atom is -0.0620 e. The van der Waals surface area contributed by atoms with Crippen LogP contribution in [0.2, 0.25) is 0 Å². The number of rotatable bonds is 1. The molecular weight excluding hydrogens is 204 g/mol. The predicted molar refractivity (Wildman–Crippen MR) is 76.5 cm³/mol. The molecule has 0 N–H and O–H groups in total. The van der Waals surface area contributed by atoms with Crippen molar-refractivity contribution in [3.63, 3.8) is 0 Å². The van der Waals surface area contributed by atoms with Gasteiger partial charge in [0.1, 0.15) is 0 Å². The number of hydrogen-bond acceptors (Lipinski definition) is 0. The largest absolute Gasteiger partial charge is 0.0620 e. The molecule has 17 heavy (non-hydrogen) atoms. The highest BCUT2D eigenvalue weighted by Crippen LogP contribution is 2.03. The highest BCUT2D eigenvalue weighted by Gasteiger charge is 1.85. The Kier molecular flexibility index (Phi) is 5.48. The van der Waals surface area contributed by atoms with Crippen LogP contribution in [0.15, 0.2) is 48.5 Å². The summed E-state index contributed by atoms with van der Waals surface area (Å²) in [6, 6.07) is 17.0. The van der Waals surface area contributed by atoms with Crippen molar-refractivity contribution < 1.29 is 0 Å². The highest BCUT2D eigenvalue weighted by molar-refractivity contribution is 5.23. The zero-order chi connectivity index (χ0) is 12.7. The lowest BCUT2D eigenvalue weighted by atomic mass is 10.1. The molecule has 2 aromatic carbocycles. The van der Waals surface area contributed by atoms with Crippen molar-refractivity contribution in [3.8, 4) is 0 Å². The van der Waals surface area contributed by atoms with Crippen molar-refractivity contribution in [2.75, 3.05) is 0 Å². The van der Waals surface area contributed by atoms with Gasteiger partial charge < -0.3 is 0 Å². The molecule has 0 nitrogen and oxygen atoms in total. The highest BCUT2D eigenvalue weighted by atomic mass is 13.9. The van der Waals surface area contributed by atoms with Crippen LogP contribution in [0.5, 0.6) is 0 Å². The van der Waals surface area contributed by atoms with Crippen LogP contribution in [-0.2, 0) is 6.42 Å². The van der Waals surface area contributed by atoms with Gasteiger partial charge in [-0.1, -0.05) is 61.0 Å². The summed E-state index contributed by atoms with van der Waals surface area (Å²) in [4.78, 5) is 0. The minimum absolute atomic E-state index is 1.14. The summed E-state index contributed by atoms with van der Waals surface area (Å²) in [5.74, 6) is 0. The first kappa shape index (κ1) is 13.5. The fourth-order valence-corrected chi connectivity index (χ4v) is 1.49. The smallest absolute Gasteiger partial charge is 0.0307 e. The molecule has 0 aromatic heterocycles. The molecule has 0 heteroatoms. The van der Waals surface area contributed by atoms with Crippen LogP contribution in [0.25, 0.3) is 0 Å². The molecule has 0 spiro atoms. The third-order valence-electron chi connectivity index (χ3n) is 2.95. The van der Waals surface area contributed by atoms with Gasteiger partial charge in [-0.3, -0.25) is 0 Å². The number of aryl methyl sites for hydroxylation is 4. The van der Waals surface area contributed by atoms with Crippen molar-refractivity contribution in [1.82, 2.24) is 0 Å². The fraction of sp³-hybridized carbons (Fsp3) is 0.294. The molecule has 0 aliphatic carbocycles. The Morgan fingerprint density at radius 1 is 0.706 bits per heavy atom. The lowest BCUT2D eigenvalue weighted by molar-refractivity contribution is 1.14. The summed E-state index contributed by atoms with van der Waals surface area (Å²) < 4.78 is 0. The molecule has 0 aliphatic rings. The molecule has 0 unspecified atom stereocenters. The first-order chi connectivity index (χ1) is 8.13.